The molecule has 1 aliphatic heterocycles. The van der Waals surface area contributed by atoms with E-state index in [1.807, 2.05) is 115 Å². The van der Waals surface area contributed by atoms with Crippen LogP contribution in [0.2, 0.25) is 0 Å². The molecule has 7 aromatic carbocycles. The number of rotatable bonds is 12. The summed E-state index contributed by atoms with van der Waals surface area (Å²) >= 11 is 0. The lowest BCUT2D eigenvalue weighted by atomic mass is 9.50. The zero-order valence-electron chi connectivity index (χ0n) is 31.0. The Balaban J connectivity index is 1.57. The van der Waals surface area contributed by atoms with Gasteiger partial charge < -0.3 is 29.9 Å². The van der Waals surface area contributed by atoms with Crippen LogP contribution in [0.3, 0.4) is 0 Å². The lowest BCUT2D eigenvalue weighted by Crippen LogP contribution is -2.73. The van der Waals surface area contributed by atoms with Crippen LogP contribution >= 0.6 is 0 Å². The van der Waals surface area contributed by atoms with Gasteiger partial charge in [-0.1, -0.05) is 158 Å². The average Bonchev–Trinajstić information content (AvgIpc) is 3.21. The molecule has 0 aromatic heterocycles. The monoisotopic (exact) mass is 740 g/mol. The minimum absolute atomic E-state index is 0.116. The highest BCUT2D eigenvalue weighted by atomic mass is 16.6. The van der Waals surface area contributed by atoms with Gasteiger partial charge >= 0.3 is 0 Å². The van der Waals surface area contributed by atoms with Crippen LogP contribution in [0.1, 0.15) is 38.9 Å². The van der Waals surface area contributed by atoms with Crippen LogP contribution in [0.25, 0.3) is 0 Å². The molecule has 8 rings (SSSR count). The van der Waals surface area contributed by atoms with E-state index in [-0.39, 0.29) is 36.0 Å². The molecule has 1 heterocycles. The van der Waals surface area contributed by atoms with E-state index in [0.29, 0.717) is 36.1 Å². The molecule has 0 saturated carbocycles. The van der Waals surface area contributed by atoms with Gasteiger partial charge in [-0.15, -0.1) is 0 Å². The number of phenols is 4. The number of ether oxygens (including phenoxy) is 2. The SMILES string of the molecule is Oc1cc(O)c2c(c1)OC(Cc1ccccc1)(c1ccc(O)c(O)c1)C(Cc1ccccc1)(OCc1ccccc1)C2(Cc1ccccc1)Cc1ccccc1. The van der Waals surface area contributed by atoms with Crippen LogP contribution < -0.4 is 4.74 Å². The van der Waals surface area contributed by atoms with Crippen molar-refractivity contribution >= 4 is 0 Å². The maximum atomic E-state index is 12.4. The minimum atomic E-state index is -1.49. The fourth-order valence-electron chi connectivity index (χ4n) is 8.93. The van der Waals surface area contributed by atoms with Gasteiger partial charge in [-0.25, -0.2) is 0 Å². The van der Waals surface area contributed by atoms with E-state index in [1.165, 1.54) is 12.1 Å². The van der Waals surface area contributed by atoms with Crippen LogP contribution in [0.4, 0.5) is 0 Å². The normalized spacial score (nSPS) is 18.4. The molecule has 6 heteroatoms. The standard InChI is InChI=1S/C50H44O6/c51-42-29-45(54)47-46(30-42)56-49(33-38-20-10-3-11-21-38,41-26-27-43(52)44(53)28-41)50(34-39-22-12-4-13-23-39,55-35-40-24-14-5-15-25-40)48(47,31-36-16-6-1-7-17-36)32-37-18-8-2-9-19-37/h1-30,51-54H,31-35H2. The van der Waals surface area contributed by atoms with Crippen LogP contribution in [0, 0.1) is 0 Å². The topological polar surface area (TPSA) is 99.4 Å². The summed E-state index contributed by atoms with van der Waals surface area (Å²) in [7, 11) is 0. The summed E-state index contributed by atoms with van der Waals surface area (Å²) in [6.45, 7) is 0.178. The third-order valence-electron chi connectivity index (χ3n) is 11.3. The van der Waals surface area contributed by atoms with E-state index in [2.05, 4.69) is 36.4 Å². The molecular weight excluding hydrogens is 697 g/mol. The third-order valence-corrected chi connectivity index (χ3v) is 11.3. The van der Waals surface area contributed by atoms with Crippen LogP contribution in [-0.2, 0) is 48.0 Å². The van der Waals surface area contributed by atoms with E-state index in [4.69, 9.17) is 9.47 Å². The molecule has 280 valence electrons. The van der Waals surface area contributed by atoms with Gasteiger partial charge in [0.2, 0.25) is 0 Å². The maximum Gasteiger partial charge on any atom is 0.168 e. The quantitative estimate of drug-likeness (QED) is 0.0932. The average molecular weight is 741 g/mol. The Hall–Kier alpha value is -6.50. The van der Waals surface area contributed by atoms with Crippen molar-refractivity contribution in [1.82, 2.24) is 0 Å². The van der Waals surface area contributed by atoms with Gasteiger partial charge in [0.1, 0.15) is 22.8 Å². The molecular formula is C50H44O6. The zero-order chi connectivity index (χ0) is 38.6. The summed E-state index contributed by atoms with van der Waals surface area (Å²) in [6.07, 6.45) is 1.33. The first-order valence-electron chi connectivity index (χ1n) is 18.9. The van der Waals surface area contributed by atoms with Crippen molar-refractivity contribution in [2.24, 2.45) is 0 Å². The smallest absolute Gasteiger partial charge is 0.168 e. The number of hydrogen-bond donors (Lipinski definition) is 4. The summed E-state index contributed by atoms with van der Waals surface area (Å²) in [5.74, 6) is -0.554. The van der Waals surface area contributed by atoms with Crippen molar-refractivity contribution in [3.05, 3.63) is 221 Å². The summed E-state index contributed by atoms with van der Waals surface area (Å²) in [6, 6.07) is 58.4. The molecule has 7 aromatic rings. The van der Waals surface area contributed by atoms with E-state index in [1.54, 1.807) is 18.2 Å². The number of benzene rings is 7. The molecule has 1 aliphatic rings. The van der Waals surface area contributed by atoms with Crippen molar-refractivity contribution in [3.8, 4) is 28.7 Å². The van der Waals surface area contributed by atoms with Gasteiger partial charge in [-0.3, -0.25) is 0 Å². The first-order valence-corrected chi connectivity index (χ1v) is 18.9. The number of fused-ring (bicyclic) bond motifs is 1. The molecule has 0 aliphatic carbocycles. The Kier molecular flexibility index (Phi) is 9.98. The van der Waals surface area contributed by atoms with Gasteiger partial charge in [0.25, 0.3) is 0 Å². The maximum absolute atomic E-state index is 12.4. The van der Waals surface area contributed by atoms with Gasteiger partial charge in [0, 0.05) is 41.5 Å². The molecule has 0 spiro atoms. The van der Waals surface area contributed by atoms with Crippen LogP contribution in [0.15, 0.2) is 182 Å². The second-order valence-corrected chi connectivity index (χ2v) is 14.8. The second kappa shape index (κ2) is 15.3. The molecule has 4 N–H and O–H groups in total. The molecule has 6 nitrogen and oxygen atoms in total. The highest BCUT2D eigenvalue weighted by Gasteiger charge is 2.70. The zero-order valence-corrected chi connectivity index (χ0v) is 31.0. The van der Waals surface area contributed by atoms with Crippen molar-refractivity contribution in [3.63, 3.8) is 0 Å². The molecule has 2 unspecified atom stereocenters. The van der Waals surface area contributed by atoms with E-state index >= 15 is 0 Å². The van der Waals surface area contributed by atoms with Crippen molar-refractivity contribution < 1.29 is 29.9 Å². The summed E-state index contributed by atoms with van der Waals surface area (Å²) in [5, 5.41) is 45.7. The molecule has 0 radical (unpaired) electrons. The fourth-order valence-corrected chi connectivity index (χ4v) is 8.93. The molecule has 56 heavy (non-hydrogen) atoms. The highest BCUT2D eigenvalue weighted by molar-refractivity contribution is 5.62. The second-order valence-electron chi connectivity index (χ2n) is 14.8. The minimum Gasteiger partial charge on any atom is -0.508 e. The lowest BCUT2D eigenvalue weighted by molar-refractivity contribution is -0.236. The number of phenolic OH excluding ortho intramolecular Hbond substituents is 4. The molecule has 0 saturated heterocycles. The van der Waals surface area contributed by atoms with Gasteiger partial charge in [0.15, 0.2) is 17.1 Å². The number of hydrogen-bond acceptors (Lipinski definition) is 6. The Labute approximate surface area is 327 Å². The van der Waals surface area contributed by atoms with E-state index < -0.39 is 16.6 Å². The first-order chi connectivity index (χ1) is 27.3. The Morgan fingerprint density at radius 3 is 1.39 bits per heavy atom. The largest absolute Gasteiger partial charge is 0.508 e. The molecule has 2 atom stereocenters. The predicted octanol–water partition coefficient (Wildman–Crippen LogP) is 9.96. The van der Waals surface area contributed by atoms with Crippen LogP contribution in [0.5, 0.6) is 28.7 Å². The van der Waals surface area contributed by atoms with E-state index in [0.717, 1.165) is 27.8 Å². The van der Waals surface area contributed by atoms with Crippen molar-refractivity contribution in [2.45, 2.75) is 48.9 Å². The summed E-state index contributed by atoms with van der Waals surface area (Å²) in [4.78, 5) is 0. The van der Waals surface area contributed by atoms with Gasteiger partial charge in [-0.05, 0) is 52.8 Å². The third kappa shape index (κ3) is 6.73. The molecule has 0 fully saturated rings. The van der Waals surface area contributed by atoms with Gasteiger partial charge in [-0.2, -0.15) is 0 Å². The van der Waals surface area contributed by atoms with Crippen LogP contribution in [-0.4, -0.2) is 26.0 Å². The first kappa shape index (κ1) is 36.5. The summed E-state index contributed by atoms with van der Waals surface area (Å²) in [5.41, 5.74) is 1.88. The Morgan fingerprint density at radius 2 is 0.893 bits per heavy atom. The molecule has 0 bridgehead atoms. The molecule has 0 amide bonds. The number of aromatic hydroxyl groups is 4. The predicted molar refractivity (Wildman–Crippen MR) is 218 cm³/mol. The Morgan fingerprint density at radius 1 is 0.429 bits per heavy atom. The summed E-state index contributed by atoms with van der Waals surface area (Å²) < 4.78 is 15.4. The van der Waals surface area contributed by atoms with Crippen molar-refractivity contribution in [2.75, 3.05) is 0 Å². The Bertz CT molecular complexity index is 2340. The fraction of sp³-hybridized carbons (Fsp3) is 0.160. The van der Waals surface area contributed by atoms with Gasteiger partial charge in [0.05, 0.1) is 6.61 Å². The highest BCUT2D eigenvalue weighted by Crippen LogP contribution is 2.64. The lowest BCUT2D eigenvalue weighted by Gasteiger charge is -2.63. The van der Waals surface area contributed by atoms with Crippen molar-refractivity contribution in [1.29, 1.82) is 0 Å². The van der Waals surface area contributed by atoms with E-state index in [9.17, 15) is 20.4 Å².